The number of carbonyl (C=O) groups is 1. The first-order valence-electron chi connectivity index (χ1n) is 6.10. The lowest BCUT2D eigenvalue weighted by atomic mass is 10.0. The van der Waals surface area contributed by atoms with Crippen LogP contribution in [0.1, 0.15) is 22.5 Å². The quantitative estimate of drug-likeness (QED) is 0.762. The molecule has 2 rings (SSSR count). The maximum absolute atomic E-state index is 12.2. The molecule has 1 aliphatic heterocycles. The highest BCUT2D eigenvalue weighted by molar-refractivity contribution is 5.94. The molecule has 1 aromatic rings. The van der Waals surface area contributed by atoms with Crippen LogP contribution in [0.2, 0.25) is 0 Å². The zero-order valence-corrected chi connectivity index (χ0v) is 11.1. The largest absolute Gasteiger partial charge is 0.387 e. The molecule has 6 nitrogen and oxygen atoms in total. The number of carbonyl (C=O) groups excluding carboxylic acids is 1. The van der Waals surface area contributed by atoms with E-state index in [1.807, 2.05) is 6.92 Å². The highest BCUT2D eigenvalue weighted by Gasteiger charge is 2.34. The van der Waals surface area contributed by atoms with E-state index in [0.29, 0.717) is 30.8 Å². The van der Waals surface area contributed by atoms with Gasteiger partial charge in [-0.1, -0.05) is 0 Å². The van der Waals surface area contributed by atoms with Crippen LogP contribution >= 0.6 is 0 Å². The van der Waals surface area contributed by atoms with Gasteiger partial charge >= 0.3 is 0 Å². The minimum atomic E-state index is -0.805. The molecule has 0 bridgehead atoms. The number of hydrogen-bond donors (Lipinski definition) is 2. The Bertz CT molecular complexity index is 449. The summed E-state index contributed by atoms with van der Waals surface area (Å²) in [6.07, 6.45) is 2.39. The smallest absolute Gasteiger partial charge is 0.257 e. The lowest BCUT2D eigenvalue weighted by Crippen LogP contribution is -2.45. The van der Waals surface area contributed by atoms with E-state index in [4.69, 9.17) is 0 Å². The first-order valence-corrected chi connectivity index (χ1v) is 6.10. The molecule has 0 aromatic carbocycles. The van der Waals surface area contributed by atoms with Crippen molar-refractivity contribution in [1.29, 1.82) is 0 Å². The number of hydrogen-bond acceptors (Lipinski definition) is 4. The van der Waals surface area contributed by atoms with Crippen molar-refractivity contribution in [3.05, 3.63) is 17.5 Å². The van der Waals surface area contributed by atoms with Crippen molar-refractivity contribution in [1.82, 2.24) is 20.0 Å². The van der Waals surface area contributed by atoms with Gasteiger partial charge < -0.3 is 15.3 Å². The van der Waals surface area contributed by atoms with Crippen LogP contribution in [0.5, 0.6) is 0 Å². The van der Waals surface area contributed by atoms with Gasteiger partial charge in [0.1, 0.15) is 0 Å². The maximum Gasteiger partial charge on any atom is 0.257 e. The lowest BCUT2D eigenvalue weighted by molar-refractivity contribution is 0.0252. The van der Waals surface area contributed by atoms with Crippen LogP contribution in [0.3, 0.4) is 0 Å². The van der Waals surface area contributed by atoms with E-state index in [-0.39, 0.29) is 5.91 Å². The fourth-order valence-corrected chi connectivity index (χ4v) is 2.39. The lowest BCUT2D eigenvalue weighted by Gasteiger charge is -2.27. The van der Waals surface area contributed by atoms with E-state index in [0.717, 1.165) is 6.54 Å². The second-order valence-corrected chi connectivity index (χ2v) is 5.11. The van der Waals surface area contributed by atoms with Crippen molar-refractivity contribution in [2.24, 2.45) is 7.05 Å². The van der Waals surface area contributed by atoms with Gasteiger partial charge in [-0.2, -0.15) is 5.10 Å². The van der Waals surface area contributed by atoms with Gasteiger partial charge in [0.2, 0.25) is 0 Å². The van der Waals surface area contributed by atoms with Gasteiger partial charge in [0, 0.05) is 26.8 Å². The summed E-state index contributed by atoms with van der Waals surface area (Å²) in [4.78, 5) is 13.8. The number of rotatable bonds is 3. The van der Waals surface area contributed by atoms with Gasteiger partial charge in [0.05, 0.1) is 23.4 Å². The Balaban J connectivity index is 2.07. The molecule has 2 heterocycles. The van der Waals surface area contributed by atoms with Crippen LogP contribution in [0, 0.1) is 6.92 Å². The molecule has 1 unspecified atom stereocenters. The number of nitrogens with zero attached hydrogens (tertiary/aromatic N) is 3. The van der Waals surface area contributed by atoms with Crippen molar-refractivity contribution in [3.63, 3.8) is 0 Å². The maximum atomic E-state index is 12.2. The number of amides is 1. The molecule has 1 aliphatic rings. The summed E-state index contributed by atoms with van der Waals surface area (Å²) in [7, 11) is 3.50. The summed E-state index contributed by atoms with van der Waals surface area (Å²) in [6, 6.07) is 0. The monoisotopic (exact) mass is 252 g/mol. The van der Waals surface area contributed by atoms with E-state index < -0.39 is 5.60 Å². The molecule has 1 atom stereocenters. The first-order chi connectivity index (χ1) is 8.41. The molecule has 1 fully saturated rings. The van der Waals surface area contributed by atoms with Crippen LogP contribution in [-0.2, 0) is 7.05 Å². The first kappa shape index (κ1) is 13.0. The summed E-state index contributed by atoms with van der Waals surface area (Å²) >= 11 is 0. The molecule has 1 aromatic heterocycles. The van der Waals surface area contributed by atoms with Gasteiger partial charge in [-0.3, -0.25) is 9.48 Å². The van der Waals surface area contributed by atoms with Crippen LogP contribution in [-0.4, -0.2) is 58.0 Å². The van der Waals surface area contributed by atoms with Crippen LogP contribution < -0.4 is 5.32 Å². The second-order valence-electron chi connectivity index (χ2n) is 5.11. The fraction of sp³-hybridized carbons (Fsp3) is 0.667. The molecule has 18 heavy (non-hydrogen) atoms. The molecule has 1 amide bonds. The highest BCUT2D eigenvalue weighted by atomic mass is 16.3. The average molecular weight is 252 g/mol. The predicted octanol–water partition coefficient (Wildman–Crippen LogP) is -0.475. The standard InChI is InChI=1S/C12H20N4O2/c1-9-10(6-16(3)14-9)11(17)15(2)8-12(18)4-5-13-7-12/h6,13,18H,4-5,7-8H2,1-3H3. The molecule has 1 saturated heterocycles. The van der Waals surface area contributed by atoms with Gasteiger partial charge in [-0.15, -0.1) is 0 Å². The molecule has 0 radical (unpaired) electrons. The van der Waals surface area contributed by atoms with Crippen LogP contribution in [0.25, 0.3) is 0 Å². The van der Waals surface area contributed by atoms with Crippen LogP contribution in [0.15, 0.2) is 6.20 Å². The van der Waals surface area contributed by atoms with Crippen molar-refractivity contribution in [2.45, 2.75) is 18.9 Å². The molecule has 0 spiro atoms. The number of aliphatic hydroxyl groups is 1. The molecule has 0 aliphatic carbocycles. The van der Waals surface area contributed by atoms with Gasteiger partial charge in [-0.05, 0) is 19.9 Å². The van der Waals surface area contributed by atoms with Crippen LogP contribution in [0.4, 0.5) is 0 Å². The topological polar surface area (TPSA) is 70.4 Å². The Morgan fingerprint density at radius 3 is 2.94 bits per heavy atom. The second kappa shape index (κ2) is 4.70. The summed E-state index contributed by atoms with van der Waals surface area (Å²) in [5.74, 6) is -0.0964. The Morgan fingerprint density at radius 1 is 1.72 bits per heavy atom. The van der Waals surface area contributed by atoms with Crippen molar-refractivity contribution >= 4 is 5.91 Å². The number of aryl methyl sites for hydroxylation is 2. The minimum Gasteiger partial charge on any atom is -0.387 e. The van der Waals surface area contributed by atoms with Gasteiger partial charge in [0.25, 0.3) is 5.91 Å². The summed E-state index contributed by atoms with van der Waals surface area (Å²) in [5.41, 5.74) is 0.501. The van der Waals surface area contributed by atoms with Gasteiger partial charge in [-0.25, -0.2) is 0 Å². The zero-order valence-electron chi connectivity index (χ0n) is 11.1. The summed E-state index contributed by atoms with van der Waals surface area (Å²) in [5, 5.41) is 17.5. The van der Waals surface area contributed by atoms with E-state index in [1.54, 1.807) is 29.9 Å². The van der Waals surface area contributed by atoms with E-state index in [1.165, 1.54) is 0 Å². The molecular formula is C12H20N4O2. The average Bonchev–Trinajstić information content (AvgIpc) is 2.84. The summed E-state index contributed by atoms with van der Waals surface area (Å²) < 4.78 is 1.63. The van der Waals surface area contributed by atoms with Gasteiger partial charge in [0.15, 0.2) is 0 Å². The summed E-state index contributed by atoms with van der Waals surface area (Å²) in [6.45, 7) is 3.49. The number of β-amino-alcohol motifs (C(OH)–C–C–N with tert-alkyl or cyclic N) is 1. The molecule has 100 valence electrons. The van der Waals surface area contributed by atoms with E-state index in [2.05, 4.69) is 10.4 Å². The fourth-order valence-electron chi connectivity index (χ4n) is 2.39. The normalized spacial score (nSPS) is 23.3. The number of aromatic nitrogens is 2. The Labute approximate surface area is 107 Å². The third-order valence-electron chi connectivity index (χ3n) is 3.34. The number of nitrogens with one attached hydrogen (secondary N) is 1. The van der Waals surface area contributed by atoms with Crippen molar-refractivity contribution in [2.75, 3.05) is 26.7 Å². The molecule has 0 saturated carbocycles. The highest BCUT2D eigenvalue weighted by Crippen LogP contribution is 2.17. The van der Waals surface area contributed by atoms with E-state index in [9.17, 15) is 9.90 Å². The number of likely N-dealkylation sites (N-methyl/N-ethyl adjacent to an activating group) is 1. The van der Waals surface area contributed by atoms with Crippen molar-refractivity contribution < 1.29 is 9.90 Å². The molecule has 2 N–H and O–H groups in total. The Morgan fingerprint density at radius 2 is 2.44 bits per heavy atom. The van der Waals surface area contributed by atoms with E-state index >= 15 is 0 Å². The Kier molecular flexibility index (Phi) is 3.41. The third kappa shape index (κ3) is 2.54. The Hall–Kier alpha value is -1.40. The SMILES string of the molecule is Cc1nn(C)cc1C(=O)N(C)CC1(O)CCNC1. The third-order valence-corrected chi connectivity index (χ3v) is 3.34. The molecular weight excluding hydrogens is 232 g/mol. The minimum absolute atomic E-state index is 0.0964. The molecule has 6 heteroatoms. The zero-order chi connectivity index (χ0) is 13.3. The predicted molar refractivity (Wildman–Crippen MR) is 67.3 cm³/mol. The van der Waals surface area contributed by atoms with Crippen molar-refractivity contribution in [3.8, 4) is 0 Å².